The van der Waals surface area contributed by atoms with Crippen molar-refractivity contribution in [3.8, 4) is 0 Å². The SMILES string of the molecule is CCCC1CCCC(C)B1CCCCCP(C1CCCCC1)C1CCCCC1. The second-order valence-electron chi connectivity index (χ2n) is 10.8. The van der Waals surface area contributed by atoms with Gasteiger partial charge in [0.1, 0.15) is 6.71 Å². The second-order valence-corrected chi connectivity index (χ2v) is 13.7. The van der Waals surface area contributed by atoms with Gasteiger partial charge in [0.25, 0.3) is 0 Å². The van der Waals surface area contributed by atoms with E-state index in [1.807, 2.05) is 0 Å². The van der Waals surface area contributed by atoms with Crippen molar-refractivity contribution in [1.82, 2.24) is 0 Å². The molecular weight excluding hydrogens is 354 g/mol. The van der Waals surface area contributed by atoms with Crippen molar-refractivity contribution in [1.29, 1.82) is 0 Å². The molecule has 0 spiro atoms. The minimum absolute atomic E-state index is 0.349. The van der Waals surface area contributed by atoms with Crippen molar-refractivity contribution in [2.24, 2.45) is 0 Å². The zero-order chi connectivity index (χ0) is 19.6. The van der Waals surface area contributed by atoms with E-state index in [2.05, 4.69) is 13.8 Å². The van der Waals surface area contributed by atoms with Gasteiger partial charge in [0.15, 0.2) is 0 Å². The fraction of sp³-hybridized carbons (Fsp3) is 1.00. The van der Waals surface area contributed by atoms with Crippen molar-refractivity contribution in [3.05, 3.63) is 0 Å². The summed E-state index contributed by atoms with van der Waals surface area (Å²) < 4.78 is 0. The summed E-state index contributed by atoms with van der Waals surface area (Å²) in [6.07, 6.45) is 31.0. The van der Waals surface area contributed by atoms with Crippen LogP contribution in [0.25, 0.3) is 0 Å². The van der Waals surface area contributed by atoms with E-state index in [9.17, 15) is 0 Å². The van der Waals surface area contributed by atoms with Gasteiger partial charge in [-0.3, -0.25) is 0 Å². The van der Waals surface area contributed by atoms with Gasteiger partial charge < -0.3 is 0 Å². The summed E-state index contributed by atoms with van der Waals surface area (Å²) in [6, 6.07) is 0. The molecule has 1 heterocycles. The van der Waals surface area contributed by atoms with E-state index < -0.39 is 0 Å². The molecule has 3 aliphatic rings. The topological polar surface area (TPSA) is 0 Å². The third-order valence-corrected chi connectivity index (χ3v) is 12.5. The van der Waals surface area contributed by atoms with Crippen LogP contribution >= 0.6 is 7.92 Å². The highest BCUT2D eigenvalue weighted by atomic mass is 31.1. The van der Waals surface area contributed by atoms with Gasteiger partial charge in [-0.15, -0.1) is 7.92 Å². The molecule has 0 amide bonds. The molecule has 2 heteroatoms. The van der Waals surface area contributed by atoms with Gasteiger partial charge in [0.05, 0.1) is 0 Å². The Kier molecular flexibility index (Phi) is 10.8. The second kappa shape index (κ2) is 13.0. The number of rotatable bonds is 10. The lowest BCUT2D eigenvalue weighted by atomic mass is 9.28. The van der Waals surface area contributed by atoms with Gasteiger partial charge >= 0.3 is 0 Å². The Hall–Kier alpha value is 0.495. The average molecular weight is 404 g/mol. The van der Waals surface area contributed by atoms with Gasteiger partial charge in [0.2, 0.25) is 0 Å². The standard InChI is InChI=1S/C26H50BP/c1-3-14-24-16-13-15-23(2)27(24)21-11-6-12-22-28(25-17-7-4-8-18-25)26-19-9-5-10-20-26/h23-26H,3-22H2,1-2H3. The molecule has 0 aromatic rings. The summed E-state index contributed by atoms with van der Waals surface area (Å²) in [5.74, 6) is 2.07. The Labute approximate surface area is 179 Å². The molecule has 2 saturated carbocycles. The first-order valence-electron chi connectivity index (χ1n) is 13.5. The fourth-order valence-electron chi connectivity index (χ4n) is 7.18. The van der Waals surface area contributed by atoms with Crippen LogP contribution in [0.5, 0.6) is 0 Å². The van der Waals surface area contributed by atoms with E-state index in [0.717, 1.165) is 18.3 Å². The van der Waals surface area contributed by atoms with Gasteiger partial charge in [-0.25, -0.2) is 0 Å². The van der Waals surface area contributed by atoms with Gasteiger partial charge in [-0.05, 0) is 49.6 Å². The van der Waals surface area contributed by atoms with E-state index in [-0.39, 0.29) is 0 Å². The zero-order valence-corrected chi connectivity index (χ0v) is 20.4. The summed E-state index contributed by atoms with van der Waals surface area (Å²) in [7, 11) is 0.349. The maximum Gasteiger partial charge on any atom is 0.146 e. The lowest BCUT2D eigenvalue weighted by molar-refractivity contribution is 0.483. The molecule has 1 aliphatic heterocycles. The Morgan fingerprint density at radius 1 is 0.714 bits per heavy atom. The molecule has 2 atom stereocenters. The first-order valence-corrected chi connectivity index (χ1v) is 15.2. The van der Waals surface area contributed by atoms with Crippen LogP contribution in [0, 0.1) is 0 Å². The van der Waals surface area contributed by atoms with Crippen molar-refractivity contribution >= 4 is 14.6 Å². The Balaban J connectivity index is 1.41. The zero-order valence-electron chi connectivity index (χ0n) is 19.5. The first kappa shape index (κ1) is 23.2. The maximum atomic E-state index is 2.57. The maximum absolute atomic E-state index is 2.57. The third-order valence-electron chi connectivity index (χ3n) is 8.77. The summed E-state index contributed by atoms with van der Waals surface area (Å²) in [5, 5.41) is 0. The quantitative estimate of drug-likeness (QED) is 0.193. The molecular formula is C26H50BP. The van der Waals surface area contributed by atoms with E-state index >= 15 is 0 Å². The van der Waals surface area contributed by atoms with Gasteiger partial charge in [0, 0.05) is 0 Å². The van der Waals surface area contributed by atoms with Crippen LogP contribution in [-0.2, 0) is 0 Å². The van der Waals surface area contributed by atoms with E-state index in [4.69, 9.17) is 0 Å². The van der Waals surface area contributed by atoms with E-state index in [1.54, 1.807) is 76.7 Å². The smallest absolute Gasteiger partial charge is 0.100 e. The summed E-state index contributed by atoms with van der Waals surface area (Å²) in [6.45, 7) is 6.03. The highest BCUT2D eigenvalue weighted by Crippen LogP contribution is 2.56. The van der Waals surface area contributed by atoms with Crippen LogP contribution in [0.3, 0.4) is 0 Å². The molecule has 0 radical (unpaired) electrons. The van der Waals surface area contributed by atoms with Crippen LogP contribution in [-0.4, -0.2) is 24.2 Å². The normalized spacial score (nSPS) is 28.2. The van der Waals surface area contributed by atoms with E-state index in [0.29, 0.717) is 7.92 Å². The molecule has 0 aromatic carbocycles. The highest BCUT2D eigenvalue weighted by Gasteiger charge is 2.33. The van der Waals surface area contributed by atoms with Crippen molar-refractivity contribution in [3.63, 3.8) is 0 Å². The van der Waals surface area contributed by atoms with Crippen LogP contribution in [0.4, 0.5) is 0 Å². The summed E-state index contributed by atoms with van der Waals surface area (Å²) >= 11 is 0. The molecule has 1 saturated heterocycles. The molecule has 2 unspecified atom stereocenters. The van der Waals surface area contributed by atoms with Crippen molar-refractivity contribution < 1.29 is 0 Å². The number of hydrogen-bond acceptors (Lipinski definition) is 0. The number of hydrogen-bond donors (Lipinski definition) is 0. The van der Waals surface area contributed by atoms with Crippen molar-refractivity contribution in [2.75, 3.05) is 6.16 Å². The first-order chi connectivity index (χ1) is 13.8. The monoisotopic (exact) mass is 404 g/mol. The Bertz CT molecular complexity index is 379. The molecule has 3 rings (SSSR count). The molecule has 0 N–H and O–H groups in total. The molecule has 2 aliphatic carbocycles. The molecule has 28 heavy (non-hydrogen) atoms. The number of unbranched alkanes of at least 4 members (excludes halogenated alkanes) is 2. The average Bonchev–Trinajstić information content (AvgIpc) is 2.74. The third kappa shape index (κ3) is 7.03. The van der Waals surface area contributed by atoms with Crippen molar-refractivity contribution in [2.45, 2.75) is 159 Å². The van der Waals surface area contributed by atoms with E-state index in [1.165, 1.54) is 62.7 Å². The predicted molar refractivity (Wildman–Crippen MR) is 132 cm³/mol. The lowest BCUT2D eigenvalue weighted by Crippen LogP contribution is -2.29. The Morgan fingerprint density at radius 3 is 1.96 bits per heavy atom. The summed E-state index contributed by atoms with van der Waals surface area (Å²) in [4.78, 5) is 0. The van der Waals surface area contributed by atoms with Gasteiger partial charge in [-0.2, -0.15) is 0 Å². The lowest BCUT2D eigenvalue weighted by Gasteiger charge is -2.38. The minimum Gasteiger partial charge on any atom is -0.100 e. The molecule has 0 aromatic heterocycles. The van der Waals surface area contributed by atoms with Crippen LogP contribution in [0.15, 0.2) is 0 Å². The molecule has 0 bridgehead atoms. The molecule has 3 fully saturated rings. The van der Waals surface area contributed by atoms with Crippen LogP contribution in [0.1, 0.15) is 129 Å². The van der Waals surface area contributed by atoms with Gasteiger partial charge in [-0.1, -0.05) is 115 Å². The van der Waals surface area contributed by atoms with Crippen LogP contribution in [0.2, 0.25) is 18.0 Å². The largest absolute Gasteiger partial charge is 0.146 e. The molecule has 162 valence electrons. The highest BCUT2D eigenvalue weighted by molar-refractivity contribution is 7.59. The van der Waals surface area contributed by atoms with Crippen LogP contribution < -0.4 is 0 Å². The molecule has 0 nitrogen and oxygen atoms in total. The minimum atomic E-state index is 0.349. The predicted octanol–water partition coefficient (Wildman–Crippen LogP) is 9.54. The summed E-state index contributed by atoms with van der Waals surface area (Å²) in [5.41, 5.74) is 2.33. The Morgan fingerprint density at radius 2 is 1.36 bits per heavy atom. The fourth-order valence-corrected chi connectivity index (χ4v) is 11.2.